The van der Waals surface area contributed by atoms with Gasteiger partial charge < -0.3 is 5.32 Å². The molecule has 0 bridgehead atoms. The zero-order valence-corrected chi connectivity index (χ0v) is 14.0. The Morgan fingerprint density at radius 2 is 2.15 bits per heavy atom. The lowest BCUT2D eigenvalue weighted by molar-refractivity contribution is 0.163. The molecular weight excluding hydrogens is 290 g/mol. The van der Waals surface area contributed by atoms with E-state index in [2.05, 4.69) is 15.0 Å². The molecular formula is C14H23N3OS2. The lowest BCUT2D eigenvalue weighted by atomic mass is 9.74. The zero-order valence-electron chi connectivity index (χ0n) is 12.4. The van der Waals surface area contributed by atoms with E-state index in [-0.39, 0.29) is 16.2 Å². The first kappa shape index (κ1) is 14.6. The van der Waals surface area contributed by atoms with Crippen LogP contribution >= 0.6 is 11.3 Å². The van der Waals surface area contributed by atoms with Crippen molar-refractivity contribution >= 4 is 22.3 Å². The summed E-state index contributed by atoms with van der Waals surface area (Å²) in [6.07, 6.45) is 3.36. The molecule has 1 aliphatic carbocycles. The van der Waals surface area contributed by atoms with Gasteiger partial charge in [0.1, 0.15) is 0 Å². The second-order valence-corrected chi connectivity index (χ2v) is 9.82. The van der Waals surface area contributed by atoms with Crippen molar-refractivity contribution in [1.82, 2.24) is 15.0 Å². The minimum absolute atomic E-state index is 0.144. The van der Waals surface area contributed by atoms with Crippen molar-refractivity contribution in [2.75, 3.05) is 13.1 Å². The van der Waals surface area contributed by atoms with E-state index >= 15 is 0 Å². The van der Waals surface area contributed by atoms with E-state index in [4.69, 9.17) is 0 Å². The first-order valence-electron chi connectivity index (χ1n) is 7.23. The van der Waals surface area contributed by atoms with Crippen molar-refractivity contribution in [3.63, 3.8) is 0 Å². The topological polar surface area (TPSA) is 54.0 Å². The van der Waals surface area contributed by atoms with Crippen LogP contribution in [0.4, 0.5) is 0 Å². The van der Waals surface area contributed by atoms with Gasteiger partial charge in [-0.1, -0.05) is 0 Å². The summed E-state index contributed by atoms with van der Waals surface area (Å²) < 4.78 is 15.7. The van der Waals surface area contributed by atoms with Crippen LogP contribution in [0.2, 0.25) is 0 Å². The number of aromatic nitrogens is 1. The Kier molecular flexibility index (Phi) is 3.77. The molecule has 4 nitrogen and oxygen atoms in total. The molecule has 2 heterocycles. The second kappa shape index (κ2) is 5.16. The highest BCUT2D eigenvalue weighted by molar-refractivity contribution is 7.84. The third-order valence-corrected chi connectivity index (χ3v) is 6.86. The lowest BCUT2D eigenvalue weighted by Crippen LogP contribution is -2.46. The minimum atomic E-state index is -1.05. The van der Waals surface area contributed by atoms with Crippen molar-refractivity contribution in [1.29, 1.82) is 0 Å². The standard InChI is InChI=1S/C14H23N3OS2/c1-13(2,3)20(18)17-12-11-10(19-9-16-11)8-14(12)4-6-15-7-5-14/h9,12,15,17H,4-8H2,1-3H3. The SMILES string of the molecule is CC(C)(C)S(=O)NC1c2ncsc2CC12CCNCC2. The van der Waals surface area contributed by atoms with Gasteiger partial charge in [0, 0.05) is 4.88 Å². The van der Waals surface area contributed by atoms with Crippen LogP contribution in [0, 0.1) is 5.41 Å². The predicted octanol–water partition coefficient (Wildman–Crippen LogP) is 2.16. The Labute approximate surface area is 127 Å². The van der Waals surface area contributed by atoms with Crippen molar-refractivity contribution < 1.29 is 4.21 Å². The van der Waals surface area contributed by atoms with Crippen LogP contribution in [-0.2, 0) is 17.4 Å². The van der Waals surface area contributed by atoms with Gasteiger partial charge in [-0.3, -0.25) is 0 Å². The maximum absolute atomic E-state index is 12.5. The lowest BCUT2D eigenvalue weighted by Gasteiger charge is -2.40. The summed E-state index contributed by atoms with van der Waals surface area (Å²) in [5, 5.41) is 3.44. The van der Waals surface area contributed by atoms with Crippen molar-refractivity contribution in [2.24, 2.45) is 5.41 Å². The van der Waals surface area contributed by atoms with Gasteiger partial charge in [-0.25, -0.2) is 13.9 Å². The average Bonchev–Trinajstić information content (AvgIpc) is 2.91. The molecule has 2 unspecified atom stereocenters. The largest absolute Gasteiger partial charge is 0.317 e. The fraction of sp³-hybridized carbons (Fsp3) is 0.786. The fourth-order valence-electron chi connectivity index (χ4n) is 3.21. The third-order valence-electron chi connectivity index (χ3n) is 4.45. The summed E-state index contributed by atoms with van der Waals surface area (Å²) in [7, 11) is -1.05. The number of hydrogen-bond acceptors (Lipinski definition) is 4. The molecule has 6 heteroatoms. The van der Waals surface area contributed by atoms with Gasteiger partial charge in [-0.2, -0.15) is 0 Å². The fourth-order valence-corrected chi connectivity index (χ4v) is 5.10. The van der Waals surface area contributed by atoms with E-state index in [1.54, 1.807) is 11.3 Å². The molecule has 0 amide bonds. The van der Waals surface area contributed by atoms with E-state index in [0.29, 0.717) is 0 Å². The van der Waals surface area contributed by atoms with Crippen LogP contribution in [0.25, 0.3) is 0 Å². The smallest absolute Gasteiger partial charge is 0.0976 e. The van der Waals surface area contributed by atoms with Crippen LogP contribution in [-0.4, -0.2) is 27.0 Å². The number of nitrogens with one attached hydrogen (secondary N) is 2. The summed E-state index contributed by atoms with van der Waals surface area (Å²) in [5.74, 6) is 0. The van der Waals surface area contributed by atoms with Crippen molar-refractivity contribution in [3.8, 4) is 0 Å². The number of nitrogens with zero attached hydrogens (tertiary/aromatic N) is 1. The van der Waals surface area contributed by atoms with Crippen LogP contribution in [0.3, 0.4) is 0 Å². The van der Waals surface area contributed by atoms with E-state index in [9.17, 15) is 4.21 Å². The summed E-state index contributed by atoms with van der Waals surface area (Å²) in [6.45, 7) is 8.15. The van der Waals surface area contributed by atoms with Crippen LogP contribution < -0.4 is 10.0 Å². The van der Waals surface area contributed by atoms with Gasteiger partial charge in [0.05, 0.1) is 33.0 Å². The van der Waals surface area contributed by atoms with Crippen molar-refractivity contribution in [2.45, 2.75) is 50.8 Å². The van der Waals surface area contributed by atoms with E-state index in [1.165, 1.54) is 4.88 Å². The Balaban J connectivity index is 1.89. The molecule has 20 heavy (non-hydrogen) atoms. The van der Waals surface area contributed by atoms with Crippen molar-refractivity contribution in [3.05, 3.63) is 16.1 Å². The van der Waals surface area contributed by atoms with Gasteiger partial charge in [-0.15, -0.1) is 11.3 Å². The number of thiazole rings is 1. The van der Waals surface area contributed by atoms with Gasteiger partial charge in [0.25, 0.3) is 0 Å². The number of fused-ring (bicyclic) bond motifs is 1. The quantitative estimate of drug-likeness (QED) is 0.880. The maximum Gasteiger partial charge on any atom is 0.0976 e. The molecule has 1 saturated heterocycles. The highest BCUT2D eigenvalue weighted by Crippen LogP contribution is 2.52. The molecule has 0 saturated carbocycles. The summed E-state index contributed by atoms with van der Waals surface area (Å²) >= 11 is 1.75. The molecule has 1 fully saturated rings. The molecule has 1 aromatic heterocycles. The van der Waals surface area contributed by atoms with Gasteiger partial charge >= 0.3 is 0 Å². The Bertz CT molecular complexity index is 515. The molecule has 1 spiro atoms. The molecule has 1 aromatic rings. The molecule has 0 radical (unpaired) electrons. The van der Waals surface area contributed by atoms with E-state index in [0.717, 1.165) is 38.0 Å². The molecule has 0 aromatic carbocycles. The Morgan fingerprint density at radius 1 is 1.45 bits per heavy atom. The van der Waals surface area contributed by atoms with Crippen LogP contribution in [0.15, 0.2) is 5.51 Å². The van der Waals surface area contributed by atoms with E-state index in [1.807, 2.05) is 26.3 Å². The summed E-state index contributed by atoms with van der Waals surface area (Å²) in [6, 6.07) is 0.144. The average molecular weight is 313 g/mol. The Morgan fingerprint density at radius 3 is 2.80 bits per heavy atom. The summed E-state index contributed by atoms with van der Waals surface area (Å²) in [5.41, 5.74) is 3.28. The highest BCUT2D eigenvalue weighted by Gasteiger charge is 2.49. The minimum Gasteiger partial charge on any atom is -0.317 e. The second-order valence-electron chi connectivity index (χ2n) is 6.88. The molecule has 112 valence electrons. The van der Waals surface area contributed by atoms with Gasteiger partial charge in [-0.05, 0) is 58.5 Å². The van der Waals surface area contributed by atoms with Gasteiger partial charge in [0.2, 0.25) is 0 Å². The number of rotatable bonds is 2. The molecule has 1 aliphatic heterocycles. The monoisotopic (exact) mass is 313 g/mol. The predicted molar refractivity (Wildman–Crippen MR) is 84.1 cm³/mol. The van der Waals surface area contributed by atoms with Crippen LogP contribution in [0.1, 0.15) is 50.2 Å². The van der Waals surface area contributed by atoms with E-state index < -0.39 is 11.0 Å². The molecule has 2 aliphatic rings. The number of piperidine rings is 1. The van der Waals surface area contributed by atoms with Crippen LogP contribution in [0.5, 0.6) is 0 Å². The first-order valence-corrected chi connectivity index (χ1v) is 9.26. The Hall–Kier alpha value is -0.300. The first-order chi connectivity index (χ1) is 9.42. The van der Waals surface area contributed by atoms with Gasteiger partial charge in [0.15, 0.2) is 0 Å². The summed E-state index contributed by atoms with van der Waals surface area (Å²) in [4.78, 5) is 5.95. The third kappa shape index (κ3) is 2.47. The highest BCUT2D eigenvalue weighted by atomic mass is 32.2. The normalized spacial score (nSPS) is 26.6. The number of hydrogen-bond donors (Lipinski definition) is 2. The zero-order chi connectivity index (χ0) is 14.4. The molecule has 2 atom stereocenters. The maximum atomic E-state index is 12.5. The molecule has 2 N–H and O–H groups in total. The molecule has 3 rings (SSSR count).